The average Bonchev–Trinajstić information content (AvgIpc) is 3.12. The van der Waals surface area contributed by atoms with E-state index in [-0.39, 0.29) is 0 Å². The molecule has 6 aromatic carbocycles. The van der Waals surface area contributed by atoms with Gasteiger partial charge in [-0.3, -0.25) is 0 Å². The summed E-state index contributed by atoms with van der Waals surface area (Å²) in [6, 6.07) is 54.9. The molecule has 0 radical (unpaired) electrons. The van der Waals surface area contributed by atoms with Gasteiger partial charge in [-0.05, 0) is 112 Å². The van der Waals surface area contributed by atoms with Crippen molar-refractivity contribution in [3.8, 4) is 67.0 Å². The van der Waals surface area contributed by atoms with E-state index in [0.717, 1.165) is 35.4 Å². The summed E-state index contributed by atoms with van der Waals surface area (Å²) in [4.78, 5) is 5.18. The van der Waals surface area contributed by atoms with Gasteiger partial charge in [0, 0.05) is 11.1 Å². The van der Waals surface area contributed by atoms with Gasteiger partial charge in [-0.15, -0.1) is 0 Å². The van der Waals surface area contributed by atoms with Crippen molar-refractivity contribution in [2.75, 3.05) is 0 Å². The van der Waals surface area contributed by atoms with Crippen LogP contribution < -0.4 is 0 Å². The highest BCUT2D eigenvalue weighted by molar-refractivity contribution is 5.84. The Morgan fingerprint density at radius 3 is 1.61 bits per heavy atom. The van der Waals surface area contributed by atoms with Crippen molar-refractivity contribution in [2.45, 2.75) is 26.7 Å². The first-order chi connectivity index (χ1) is 22.6. The maximum Gasteiger partial charge on any atom is 0.0715 e. The molecule has 0 unspecified atom stereocenters. The molecule has 220 valence electrons. The van der Waals surface area contributed by atoms with Crippen molar-refractivity contribution in [2.24, 2.45) is 0 Å². The molecule has 7 aromatic rings. The summed E-state index contributed by atoms with van der Waals surface area (Å²) in [5.74, 6) is 0. The number of hydrogen-bond donors (Lipinski definition) is 0. The number of hydrogen-bond acceptors (Lipinski definition) is 1. The van der Waals surface area contributed by atoms with Crippen molar-refractivity contribution in [3.63, 3.8) is 0 Å². The standard InChI is InChI=1S/C45H35N/c1-30-12-9-10-17-39(30)41-19-11-18-40(31(41)2)34-22-24-42-35(26-34)20-21-36-27-37(23-25-43(36)42)45-29-38(32-13-5-3-6-14-32)28-44(46-45)33-15-7-4-8-16-33/h3-19,22-29H,20-21H2,1-2H3. The fourth-order valence-electron chi connectivity index (χ4n) is 7.07. The zero-order valence-corrected chi connectivity index (χ0v) is 26.3. The molecule has 1 aliphatic rings. The van der Waals surface area contributed by atoms with Crippen LogP contribution in [0.1, 0.15) is 22.3 Å². The monoisotopic (exact) mass is 589 g/mol. The summed E-state index contributed by atoms with van der Waals surface area (Å²) in [5, 5.41) is 0. The van der Waals surface area contributed by atoms with Crippen LogP contribution in [0.25, 0.3) is 67.0 Å². The molecule has 1 aliphatic carbocycles. The van der Waals surface area contributed by atoms with Crippen molar-refractivity contribution >= 4 is 0 Å². The second kappa shape index (κ2) is 11.8. The highest BCUT2D eigenvalue weighted by Crippen LogP contribution is 2.40. The lowest BCUT2D eigenvalue weighted by molar-refractivity contribution is 0.942. The van der Waals surface area contributed by atoms with E-state index in [0.29, 0.717) is 0 Å². The van der Waals surface area contributed by atoms with E-state index in [1.807, 2.05) is 0 Å². The van der Waals surface area contributed by atoms with Gasteiger partial charge in [0.2, 0.25) is 0 Å². The van der Waals surface area contributed by atoms with E-state index in [4.69, 9.17) is 4.98 Å². The fourth-order valence-corrected chi connectivity index (χ4v) is 7.07. The van der Waals surface area contributed by atoms with Crippen LogP contribution in [0, 0.1) is 13.8 Å². The van der Waals surface area contributed by atoms with Gasteiger partial charge in [0.05, 0.1) is 11.4 Å². The Labute approximate surface area is 271 Å². The molecule has 0 spiro atoms. The Morgan fingerprint density at radius 2 is 0.913 bits per heavy atom. The number of fused-ring (bicyclic) bond motifs is 3. The van der Waals surface area contributed by atoms with E-state index >= 15 is 0 Å². The minimum absolute atomic E-state index is 0.995. The van der Waals surface area contributed by atoms with Gasteiger partial charge in [-0.1, -0.05) is 133 Å². The van der Waals surface area contributed by atoms with Crippen LogP contribution in [-0.4, -0.2) is 4.98 Å². The highest BCUT2D eigenvalue weighted by atomic mass is 14.7. The van der Waals surface area contributed by atoms with E-state index in [1.165, 1.54) is 66.8 Å². The summed E-state index contributed by atoms with van der Waals surface area (Å²) in [6.45, 7) is 4.46. The number of pyridine rings is 1. The fraction of sp³-hybridized carbons (Fsp3) is 0.0889. The molecule has 1 heterocycles. The van der Waals surface area contributed by atoms with Gasteiger partial charge in [0.15, 0.2) is 0 Å². The molecule has 46 heavy (non-hydrogen) atoms. The third-order valence-electron chi connectivity index (χ3n) is 9.54. The van der Waals surface area contributed by atoms with Crippen molar-refractivity contribution in [3.05, 3.63) is 174 Å². The van der Waals surface area contributed by atoms with Gasteiger partial charge >= 0.3 is 0 Å². The first kappa shape index (κ1) is 28.0. The molecule has 0 saturated carbocycles. The Kier molecular flexibility index (Phi) is 7.15. The van der Waals surface area contributed by atoms with Crippen LogP contribution in [0.3, 0.4) is 0 Å². The molecule has 0 aliphatic heterocycles. The third kappa shape index (κ3) is 5.14. The lowest BCUT2D eigenvalue weighted by Gasteiger charge is -2.22. The summed E-state index contributed by atoms with van der Waals surface area (Å²) in [6.07, 6.45) is 2.05. The minimum Gasteiger partial charge on any atom is -0.248 e. The quantitative estimate of drug-likeness (QED) is 0.195. The molecule has 0 fully saturated rings. The molecule has 0 atom stereocenters. The summed E-state index contributed by atoms with van der Waals surface area (Å²) < 4.78 is 0. The van der Waals surface area contributed by atoms with Gasteiger partial charge in [0.25, 0.3) is 0 Å². The maximum absolute atomic E-state index is 5.18. The van der Waals surface area contributed by atoms with E-state index in [2.05, 4.69) is 166 Å². The van der Waals surface area contributed by atoms with Crippen LogP contribution in [0.2, 0.25) is 0 Å². The summed E-state index contributed by atoms with van der Waals surface area (Å²) in [7, 11) is 0. The summed E-state index contributed by atoms with van der Waals surface area (Å²) >= 11 is 0. The van der Waals surface area contributed by atoms with Crippen LogP contribution in [0.5, 0.6) is 0 Å². The number of aryl methyl sites for hydroxylation is 3. The Morgan fingerprint density at radius 1 is 0.370 bits per heavy atom. The highest BCUT2D eigenvalue weighted by Gasteiger charge is 2.19. The molecule has 1 heteroatoms. The molecule has 1 nitrogen and oxygen atoms in total. The Hall–Kier alpha value is -5.53. The molecule has 0 bridgehead atoms. The predicted molar refractivity (Wildman–Crippen MR) is 194 cm³/mol. The molecule has 8 rings (SSSR count). The van der Waals surface area contributed by atoms with Gasteiger partial charge < -0.3 is 0 Å². The molecule has 0 N–H and O–H groups in total. The lowest BCUT2D eigenvalue weighted by Crippen LogP contribution is -2.05. The summed E-state index contributed by atoms with van der Waals surface area (Å²) in [5.41, 5.74) is 20.0. The largest absolute Gasteiger partial charge is 0.248 e. The van der Waals surface area contributed by atoms with Crippen LogP contribution in [0.4, 0.5) is 0 Å². The number of nitrogens with zero attached hydrogens (tertiary/aromatic N) is 1. The molecular weight excluding hydrogens is 555 g/mol. The van der Waals surface area contributed by atoms with Crippen molar-refractivity contribution in [1.82, 2.24) is 4.98 Å². The second-order valence-corrected chi connectivity index (χ2v) is 12.4. The Bertz CT molecular complexity index is 2150. The van der Waals surface area contributed by atoms with Crippen LogP contribution in [0.15, 0.2) is 152 Å². The van der Waals surface area contributed by atoms with Crippen LogP contribution in [-0.2, 0) is 12.8 Å². The van der Waals surface area contributed by atoms with E-state index < -0.39 is 0 Å². The van der Waals surface area contributed by atoms with Gasteiger partial charge in [-0.2, -0.15) is 0 Å². The minimum atomic E-state index is 0.995. The third-order valence-corrected chi connectivity index (χ3v) is 9.54. The van der Waals surface area contributed by atoms with Gasteiger partial charge in [-0.25, -0.2) is 4.98 Å². The predicted octanol–water partition coefficient (Wildman–Crippen LogP) is 11.8. The van der Waals surface area contributed by atoms with Crippen molar-refractivity contribution < 1.29 is 0 Å². The SMILES string of the molecule is Cc1ccccc1-c1cccc(-c2ccc3c(c2)CCc2cc(-c4cc(-c5ccccc5)cc(-c5ccccc5)n4)ccc2-3)c1C. The van der Waals surface area contributed by atoms with E-state index in [9.17, 15) is 0 Å². The number of aromatic nitrogens is 1. The lowest BCUT2D eigenvalue weighted by atomic mass is 9.82. The van der Waals surface area contributed by atoms with E-state index in [1.54, 1.807) is 0 Å². The Balaban J connectivity index is 1.16. The molecule has 1 aromatic heterocycles. The smallest absolute Gasteiger partial charge is 0.0715 e. The topological polar surface area (TPSA) is 12.9 Å². The number of rotatable bonds is 5. The molecule has 0 saturated heterocycles. The van der Waals surface area contributed by atoms with Crippen molar-refractivity contribution in [1.29, 1.82) is 0 Å². The first-order valence-corrected chi connectivity index (χ1v) is 16.2. The normalized spacial score (nSPS) is 12.0. The molecular formula is C45H35N. The maximum atomic E-state index is 5.18. The first-order valence-electron chi connectivity index (χ1n) is 16.2. The zero-order chi connectivity index (χ0) is 31.0. The zero-order valence-electron chi connectivity index (χ0n) is 26.3. The van der Waals surface area contributed by atoms with Gasteiger partial charge in [0.1, 0.15) is 0 Å². The second-order valence-electron chi connectivity index (χ2n) is 12.4. The number of benzene rings is 6. The average molecular weight is 590 g/mol. The molecule has 0 amide bonds. The van der Waals surface area contributed by atoms with Crippen LogP contribution >= 0.6 is 0 Å².